The average Bonchev–Trinajstić information content (AvgIpc) is 2.98. The van der Waals surface area contributed by atoms with Crippen LogP contribution in [0, 0.1) is 6.92 Å². The molecule has 1 heterocycles. The van der Waals surface area contributed by atoms with Crippen LogP contribution >= 0.6 is 0 Å². The van der Waals surface area contributed by atoms with E-state index in [1.165, 1.54) is 0 Å². The van der Waals surface area contributed by atoms with Crippen molar-refractivity contribution in [1.29, 1.82) is 0 Å². The summed E-state index contributed by atoms with van der Waals surface area (Å²) in [6.07, 6.45) is 0. The van der Waals surface area contributed by atoms with E-state index in [9.17, 15) is 9.59 Å². The van der Waals surface area contributed by atoms with E-state index in [1.807, 2.05) is 37.3 Å². The van der Waals surface area contributed by atoms with Gasteiger partial charge in [0, 0.05) is 11.5 Å². The summed E-state index contributed by atoms with van der Waals surface area (Å²) in [5.41, 5.74) is 2.65. The topological polar surface area (TPSA) is 85.2 Å². The van der Waals surface area contributed by atoms with Crippen LogP contribution in [-0.4, -0.2) is 34.9 Å². The van der Waals surface area contributed by atoms with E-state index in [-0.39, 0.29) is 18.6 Å². The fourth-order valence-electron chi connectivity index (χ4n) is 2.24. The third-order valence-corrected chi connectivity index (χ3v) is 3.70. The second-order valence-corrected chi connectivity index (χ2v) is 7.02. The first-order valence-corrected chi connectivity index (χ1v) is 8.58. The summed E-state index contributed by atoms with van der Waals surface area (Å²) < 4.78 is 6.48. The number of anilines is 1. The number of aryl methyl sites for hydroxylation is 1. The zero-order valence-electron chi connectivity index (χ0n) is 15.9. The van der Waals surface area contributed by atoms with Crippen molar-refractivity contribution in [3.63, 3.8) is 0 Å². The highest BCUT2D eigenvalue weighted by Crippen LogP contribution is 2.26. The van der Waals surface area contributed by atoms with Crippen molar-refractivity contribution in [1.82, 2.24) is 15.1 Å². The van der Waals surface area contributed by atoms with Crippen LogP contribution in [0.1, 0.15) is 39.0 Å². The maximum absolute atomic E-state index is 12.1. The molecule has 2 aromatic rings. The lowest BCUT2D eigenvalue weighted by Gasteiger charge is -2.14. The van der Waals surface area contributed by atoms with Gasteiger partial charge in [0.15, 0.2) is 0 Å². The van der Waals surface area contributed by atoms with Crippen molar-refractivity contribution in [2.24, 2.45) is 0 Å². The molecule has 7 nitrogen and oxygen atoms in total. The largest absolute Gasteiger partial charge is 0.465 e. The van der Waals surface area contributed by atoms with Crippen LogP contribution in [-0.2, 0) is 14.9 Å². The Bertz CT molecular complexity index is 773. The van der Waals surface area contributed by atoms with Crippen LogP contribution < -0.4 is 10.6 Å². The van der Waals surface area contributed by atoms with Crippen LogP contribution in [0.25, 0.3) is 5.69 Å². The molecule has 0 bridgehead atoms. The lowest BCUT2D eigenvalue weighted by atomic mass is 9.92. The molecule has 26 heavy (non-hydrogen) atoms. The van der Waals surface area contributed by atoms with Gasteiger partial charge in [-0.15, -0.1) is 0 Å². The normalized spacial score (nSPS) is 11.1. The zero-order chi connectivity index (χ0) is 19.3. The van der Waals surface area contributed by atoms with E-state index in [0.29, 0.717) is 5.82 Å². The molecule has 0 aliphatic carbocycles. The number of aromatic nitrogens is 2. The molecule has 2 rings (SSSR count). The van der Waals surface area contributed by atoms with Gasteiger partial charge < -0.3 is 10.1 Å². The summed E-state index contributed by atoms with van der Waals surface area (Å²) in [7, 11) is 0. The molecule has 2 amide bonds. The number of benzene rings is 1. The van der Waals surface area contributed by atoms with E-state index in [0.717, 1.165) is 16.9 Å². The van der Waals surface area contributed by atoms with Crippen LogP contribution in [0.3, 0.4) is 0 Å². The van der Waals surface area contributed by atoms with E-state index in [1.54, 1.807) is 11.6 Å². The maximum Gasteiger partial charge on any atom is 0.325 e. The van der Waals surface area contributed by atoms with Crippen molar-refractivity contribution < 1.29 is 14.3 Å². The van der Waals surface area contributed by atoms with Gasteiger partial charge in [-0.05, 0) is 26.0 Å². The van der Waals surface area contributed by atoms with Gasteiger partial charge in [-0.3, -0.25) is 10.1 Å². The molecule has 140 valence electrons. The van der Waals surface area contributed by atoms with E-state index in [4.69, 9.17) is 4.74 Å². The third-order valence-electron chi connectivity index (χ3n) is 3.70. The number of amides is 2. The second kappa shape index (κ2) is 8.03. The Kier molecular flexibility index (Phi) is 6.02. The molecular formula is C19H26N4O3. The molecule has 0 unspecified atom stereocenters. The third kappa shape index (κ3) is 5.08. The molecule has 0 saturated carbocycles. The minimum Gasteiger partial charge on any atom is -0.465 e. The number of nitrogens with zero attached hydrogens (tertiary/aromatic N) is 2. The van der Waals surface area contributed by atoms with Gasteiger partial charge in [0.05, 0.1) is 18.0 Å². The van der Waals surface area contributed by atoms with Gasteiger partial charge in [0.1, 0.15) is 12.4 Å². The lowest BCUT2D eigenvalue weighted by Crippen LogP contribution is -2.34. The summed E-state index contributed by atoms with van der Waals surface area (Å²) >= 11 is 0. The molecule has 0 spiro atoms. The zero-order valence-corrected chi connectivity index (χ0v) is 15.9. The molecule has 0 aliphatic heterocycles. The number of urea groups is 1. The maximum atomic E-state index is 12.1. The molecule has 0 fully saturated rings. The molecule has 1 aromatic carbocycles. The highest BCUT2D eigenvalue weighted by molar-refractivity contribution is 5.91. The predicted molar refractivity (Wildman–Crippen MR) is 101 cm³/mol. The Hall–Kier alpha value is -2.83. The molecule has 2 N–H and O–H groups in total. The minimum absolute atomic E-state index is 0.173. The number of esters is 1. The average molecular weight is 358 g/mol. The van der Waals surface area contributed by atoms with Crippen LogP contribution in [0.5, 0.6) is 0 Å². The van der Waals surface area contributed by atoms with Crippen molar-refractivity contribution in [3.8, 4) is 5.69 Å². The Morgan fingerprint density at radius 2 is 1.85 bits per heavy atom. The predicted octanol–water partition coefficient (Wildman–Crippen LogP) is 3.16. The van der Waals surface area contributed by atoms with Gasteiger partial charge >= 0.3 is 12.0 Å². The summed E-state index contributed by atoms with van der Waals surface area (Å²) in [5.74, 6) is 0.0465. The molecule has 1 aromatic heterocycles. The number of ether oxygens (including phenoxy) is 1. The fraction of sp³-hybridized carbons (Fsp3) is 0.421. The van der Waals surface area contributed by atoms with Crippen molar-refractivity contribution in [2.45, 2.75) is 40.0 Å². The summed E-state index contributed by atoms with van der Waals surface area (Å²) in [5, 5.41) is 9.88. The van der Waals surface area contributed by atoms with E-state index < -0.39 is 12.0 Å². The Morgan fingerprint density at radius 3 is 2.42 bits per heavy atom. The van der Waals surface area contributed by atoms with Crippen molar-refractivity contribution in [2.75, 3.05) is 18.5 Å². The van der Waals surface area contributed by atoms with Crippen LogP contribution in [0.2, 0.25) is 0 Å². The standard InChI is InChI=1S/C19H26N4O3/c1-6-26-17(24)12-20-18(25)21-16-11-15(19(3,4)5)22-23(16)14-9-7-13(2)8-10-14/h7-11H,6,12H2,1-5H3,(H2,20,21,25). The monoisotopic (exact) mass is 358 g/mol. The number of hydrogen-bond acceptors (Lipinski definition) is 4. The minimum atomic E-state index is -0.494. The first-order valence-electron chi connectivity index (χ1n) is 8.58. The Balaban J connectivity index is 2.23. The quantitative estimate of drug-likeness (QED) is 0.804. The number of carbonyl (C=O) groups is 2. The molecular weight excluding hydrogens is 332 g/mol. The summed E-state index contributed by atoms with van der Waals surface area (Å²) in [4.78, 5) is 23.5. The van der Waals surface area contributed by atoms with Crippen LogP contribution in [0.4, 0.5) is 10.6 Å². The fourth-order valence-corrected chi connectivity index (χ4v) is 2.24. The number of hydrogen-bond donors (Lipinski definition) is 2. The highest BCUT2D eigenvalue weighted by Gasteiger charge is 2.21. The van der Waals surface area contributed by atoms with E-state index >= 15 is 0 Å². The number of carbonyl (C=O) groups excluding carboxylic acids is 2. The molecule has 0 saturated heterocycles. The molecule has 0 radical (unpaired) electrons. The van der Waals surface area contributed by atoms with Gasteiger partial charge in [-0.2, -0.15) is 5.10 Å². The van der Waals surface area contributed by atoms with Gasteiger partial charge in [0.25, 0.3) is 0 Å². The Morgan fingerprint density at radius 1 is 1.19 bits per heavy atom. The lowest BCUT2D eigenvalue weighted by molar-refractivity contribution is -0.141. The smallest absolute Gasteiger partial charge is 0.325 e. The SMILES string of the molecule is CCOC(=O)CNC(=O)Nc1cc(C(C)(C)C)nn1-c1ccc(C)cc1. The van der Waals surface area contributed by atoms with Crippen molar-refractivity contribution >= 4 is 17.8 Å². The molecule has 7 heteroatoms. The Labute approximate surface area is 153 Å². The number of nitrogens with one attached hydrogen (secondary N) is 2. The molecule has 0 aliphatic rings. The molecule has 0 atom stereocenters. The van der Waals surface area contributed by atoms with E-state index in [2.05, 4.69) is 36.5 Å². The first kappa shape index (κ1) is 19.5. The summed E-state index contributed by atoms with van der Waals surface area (Å²) in [6, 6.07) is 9.19. The van der Waals surface area contributed by atoms with Crippen molar-refractivity contribution in [3.05, 3.63) is 41.6 Å². The summed E-state index contributed by atoms with van der Waals surface area (Å²) in [6.45, 7) is 9.97. The van der Waals surface area contributed by atoms with Crippen LogP contribution in [0.15, 0.2) is 30.3 Å². The highest BCUT2D eigenvalue weighted by atomic mass is 16.5. The first-order chi connectivity index (χ1) is 12.2. The van der Waals surface area contributed by atoms with Gasteiger partial charge in [-0.1, -0.05) is 38.5 Å². The van der Waals surface area contributed by atoms with Gasteiger partial charge in [-0.25, -0.2) is 9.48 Å². The second-order valence-electron chi connectivity index (χ2n) is 7.02. The number of rotatable bonds is 5. The van der Waals surface area contributed by atoms with Gasteiger partial charge in [0.2, 0.25) is 0 Å².